The highest BCUT2D eigenvalue weighted by Crippen LogP contribution is 2.27. The zero-order valence-electron chi connectivity index (χ0n) is 12.3. The molecule has 21 heavy (non-hydrogen) atoms. The van der Waals surface area contributed by atoms with Gasteiger partial charge in [0.25, 0.3) is 0 Å². The average Bonchev–Trinajstić information content (AvgIpc) is 2.48. The van der Waals surface area contributed by atoms with Crippen LogP contribution in [0.2, 0.25) is 0 Å². The van der Waals surface area contributed by atoms with Gasteiger partial charge in [0.05, 0.1) is 6.61 Å². The number of rotatable bonds is 6. The van der Waals surface area contributed by atoms with E-state index in [2.05, 4.69) is 40.3 Å². The molecule has 4 heteroatoms. The Labute approximate surface area is 134 Å². The average molecular weight is 350 g/mol. The number of hydrogen-bond acceptors (Lipinski definition) is 3. The Balaban J connectivity index is 2.01. The highest BCUT2D eigenvalue weighted by Gasteiger charge is 2.07. The van der Waals surface area contributed by atoms with Gasteiger partial charge in [0.15, 0.2) is 11.5 Å². The predicted molar refractivity (Wildman–Crippen MR) is 88.7 cm³/mol. The van der Waals surface area contributed by atoms with E-state index in [0.29, 0.717) is 18.9 Å². The lowest BCUT2D eigenvalue weighted by molar-refractivity contribution is 0.317. The number of aromatic hydroxyl groups is 1. The molecule has 0 saturated heterocycles. The molecule has 1 atom stereocenters. The third-order valence-electron chi connectivity index (χ3n) is 3.29. The SMILES string of the molecule is CCOc1cc(CNC(C)c2cccc(Br)c2)ccc1O. The van der Waals surface area contributed by atoms with Gasteiger partial charge in [-0.15, -0.1) is 0 Å². The van der Waals surface area contributed by atoms with Crippen LogP contribution in [0.25, 0.3) is 0 Å². The molecule has 0 aliphatic carbocycles. The van der Waals surface area contributed by atoms with E-state index in [4.69, 9.17) is 4.74 Å². The van der Waals surface area contributed by atoms with Gasteiger partial charge in [-0.25, -0.2) is 0 Å². The molecule has 2 aromatic rings. The second-order valence-corrected chi connectivity index (χ2v) is 5.81. The molecule has 0 fully saturated rings. The van der Waals surface area contributed by atoms with Crippen molar-refractivity contribution in [3.63, 3.8) is 0 Å². The van der Waals surface area contributed by atoms with Crippen LogP contribution in [0.4, 0.5) is 0 Å². The van der Waals surface area contributed by atoms with E-state index in [-0.39, 0.29) is 11.8 Å². The van der Waals surface area contributed by atoms with Gasteiger partial charge in [0, 0.05) is 17.1 Å². The summed E-state index contributed by atoms with van der Waals surface area (Å²) in [5.74, 6) is 0.715. The number of nitrogens with one attached hydrogen (secondary N) is 1. The molecular formula is C17H20BrNO2. The molecule has 2 N–H and O–H groups in total. The van der Waals surface area contributed by atoms with Gasteiger partial charge in [-0.3, -0.25) is 0 Å². The van der Waals surface area contributed by atoms with Gasteiger partial charge in [0.1, 0.15) is 0 Å². The van der Waals surface area contributed by atoms with Crippen molar-refractivity contribution >= 4 is 15.9 Å². The summed E-state index contributed by atoms with van der Waals surface area (Å²) in [5.41, 5.74) is 2.31. The lowest BCUT2D eigenvalue weighted by Gasteiger charge is -2.15. The summed E-state index contributed by atoms with van der Waals surface area (Å²) in [6.07, 6.45) is 0. The van der Waals surface area contributed by atoms with Crippen molar-refractivity contribution in [3.05, 3.63) is 58.1 Å². The van der Waals surface area contributed by atoms with Gasteiger partial charge in [0.2, 0.25) is 0 Å². The van der Waals surface area contributed by atoms with E-state index < -0.39 is 0 Å². The Morgan fingerprint density at radius 2 is 2.05 bits per heavy atom. The van der Waals surface area contributed by atoms with E-state index in [0.717, 1.165) is 10.0 Å². The predicted octanol–water partition coefficient (Wildman–Crippen LogP) is 4.40. The van der Waals surface area contributed by atoms with Crippen LogP contribution in [-0.4, -0.2) is 11.7 Å². The van der Waals surface area contributed by atoms with Gasteiger partial charge < -0.3 is 15.2 Å². The molecule has 112 valence electrons. The normalized spacial score (nSPS) is 12.1. The number of phenolic OH excluding ortho intramolecular Hbond substituents is 1. The molecule has 0 bridgehead atoms. The molecule has 1 unspecified atom stereocenters. The second-order valence-electron chi connectivity index (χ2n) is 4.89. The Hall–Kier alpha value is -1.52. The van der Waals surface area contributed by atoms with E-state index in [1.807, 2.05) is 31.2 Å². The van der Waals surface area contributed by atoms with E-state index in [9.17, 15) is 5.11 Å². The first-order chi connectivity index (χ1) is 10.1. The molecule has 0 amide bonds. The maximum Gasteiger partial charge on any atom is 0.161 e. The summed E-state index contributed by atoms with van der Waals surface area (Å²) < 4.78 is 6.48. The zero-order valence-corrected chi connectivity index (χ0v) is 13.9. The number of ether oxygens (including phenoxy) is 1. The van der Waals surface area contributed by atoms with Crippen molar-refractivity contribution in [1.82, 2.24) is 5.32 Å². The van der Waals surface area contributed by atoms with Crippen LogP contribution in [0.1, 0.15) is 31.0 Å². The molecule has 0 heterocycles. The Bertz CT molecular complexity index is 601. The molecule has 0 aromatic heterocycles. The smallest absolute Gasteiger partial charge is 0.161 e. The minimum atomic E-state index is 0.181. The van der Waals surface area contributed by atoms with Crippen molar-refractivity contribution in [3.8, 4) is 11.5 Å². The fourth-order valence-corrected chi connectivity index (χ4v) is 2.52. The molecule has 0 aliphatic heterocycles. The number of benzene rings is 2. The van der Waals surface area contributed by atoms with Crippen molar-refractivity contribution in [1.29, 1.82) is 0 Å². The first kappa shape index (κ1) is 15.9. The third kappa shape index (κ3) is 4.48. The van der Waals surface area contributed by atoms with Crippen molar-refractivity contribution in [2.24, 2.45) is 0 Å². The summed E-state index contributed by atoms with van der Waals surface area (Å²) in [7, 11) is 0. The molecule has 0 aliphatic rings. The fourth-order valence-electron chi connectivity index (χ4n) is 2.10. The minimum Gasteiger partial charge on any atom is -0.504 e. The van der Waals surface area contributed by atoms with Crippen LogP contribution in [-0.2, 0) is 6.54 Å². The Morgan fingerprint density at radius 3 is 2.76 bits per heavy atom. The van der Waals surface area contributed by atoms with Gasteiger partial charge in [-0.05, 0) is 49.2 Å². The summed E-state index contributed by atoms with van der Waals surface area (Å²) in [5, 5.41) is 13.2. The van der Waals surface area contributed by atoms with Crippen LogP contribution < -0.4 is 10.1 Å². The molecular weight excluding hydrogens is 330 g/mol. The number of halogens is 1. The maximum absolute atomic E-state index is 9.70. The molecule has 0 spiro atoms. The van der Waals surface area contributed by atoms with E-state index in [1.54, 1.807) is 6.07 Å². The first-order valence-corrected chi connectivity index (χ1v) is 7.83. The van der Waals surface area contributed by atoms with Gasteiger partial charge in [-0.2, -0.15) is 0 Å². The summed E-state index contributed by atoms with van der Waals surface area (Å²) in [6.45, 7) is 5.29. The highest BCUT2D eigenvalue weighted by atomic mass is 79.9. The lowest BCUT2D eigenvalue weighted by Crippen LogP contribution is -2.18. The number of hydrogen-bond donors (Lipinski definition) is 2. The van der Waals surface area contributed by atoms with Crippen molar-refractivity contribution in [2.75, 3.05) is 6.61 Å². The quantitative estimate of drug-likeness (QED) is 0.811. The molecule has 0 radical (unpaired) electrons. The highest BCUT2D eigenvalue weighted by molar-refractivity contribution is 9.10. The molecule has 0 saturated carbocycles. The Kier molecular flexibility index (Phi) is 5.65. The second kappa shape index (κ2) is 7.48. The van der Waals surface area contributed by atoms with E-state index in [1.165, 1.54) is 5.56 Å². The van der Waals surface area contributed by atoms with Gasteiger partial charge in [-0.1, -0.05) is 34.1 Å². The monoisotopic (exact) mass is 349 g/mol. The summed E-state index contributed by atoms with van der Waals surface area (Å²) in [4.78, 5) is 0. The maximum atomic E-state index is 9.70. The van der Waals surface area contributed by atoms with Crippen molar-refractivity contribution < 1.29 is 9.84 Å². The Morgan fingerprint density at radius 1 is 1.24 bits per heavy atom. The summed E-state index contributed by atoms with van der Waals surface area (Å²) >= 11 is 3.49. The first-order valence-electron chi connectivity index (χ1n) is 7.03. The van der Waals surface area contributed by atoms with Crippen molar-refractivity contribution in [2.45, 2.75) is 26.4 Å². The fraction of sp³-hybridized carbons (Fsp3) is 0.294. The molecule has 2 aromatic carbocycles. The third-order valence-corrected chi connectivity index (χ3v) is 3.78. The van der Waals surface area contributed by atoms with Crippen LogP contribution in [0, 0.1) is 0 Å². The van der Waals surface area contributed by atoms with Crippen LogP contribution in [0.15, 0.2) is 46.9 Å². The van der Waals surface area contributed by atoms with E-state index >= 15 is 0 Å². The molecule has 2 rings (SSSR count). The van der Waals surface area contributed by atoms with Gasteiger partial charge >= 0.3 is 0 Å². The molecule has 3 nitrogen and oxygen atoms in total. The van der Waals surface area contributed by atoms with Crippen LogP contribution in [0.5, 0.6) is 11.5 Å². The minimum absolute atomic E-state index is 0.181. The largest absolute Gasteiger partial charge is 0.504 e. The van der Waals surface area contributed by atoms with Crippen LogP contribution >= 0.6 is 15.9 Å². The topological polar surface area (TPSA) is 41.5 Å². The number of phenols is 1. The lowest BCUT2D eigenvalue weighted by atomic mass is 10.1. The standard InChI is InChI=1S/C17H20BrNO2/c1-3-21-17-9-13(7-8-16(17)20)11-19-12(2)14-5-4-6-15(18)10-14/h4-10,12,19-20H,3,11H2,1-2H3. The van der Waals surface area contributed by atoms with Crippen LogP contribution in [0.3, 0.4) is 0 Å². The zero-order chi connectivity index (χ0) is 15.2. The summed E-state index contributed by atoms with van der Waals surface area (Å²) in [6, 6.07) is 14.0.